The maximum absolute atomic E-state index is 11.7. The summed E-state index contributed by atoms with van der Waals surface area (Å²) in [5.74, 6) is -0.319. The Bertz CT molecular complexity index is 593. The van der Waals surface area contributed by atoms with Crippen LogP contribution in [0, 0.1) is 6.92 Å². The number of nitrogens with zero attached hydrogens (tertiary/aromatic N) is 3. The van der Waals surface area contributed by atoms with Crippen LogP contribution >= 0.6 is 11.3 Å². The van der Waals surface area contributed by atoms with Gasteiger partial charge in [-0.25, -0.2) is 19.7 Å². The minimum absolute atomic E-state index is 0.319. The summed E-state index contributed by atoms with van der Waals surface area (Å²) < 4.78 is 4.97. The summed E-state index contributed by atoms with van der Waals surface area (Å²) in [4.78, 5) is 24.4. The monoisotopic (exact) mass is 275 g/mol. The molecule has 0 amide bonds. The molecule has 0 aliphatic heterocycles. The van der Waals surface area contributed by atoms with Gasteiger partial charge >= 0.3 is 5.97 Å². The minimum atomic E-state index is -0.319. The molecule has 6 heteroatoms. The average molecular weight is 275 g/mol. The molecule has 0 saturated carbocycles. The molecule has 2 heterocycles. The zero-order valence-electron chi connectivity index (χ0n) is 10.7. The largest absolute Gasteiger partial charge is 0.462 e. The molecule has 0 N–H and O–H groups in total. The number of carbonyl (C=O) groups is 1. The molecule has 0 bridgehead atoms. The molecule has 98 valence electrons. The second-order valence-corrected chi connectivity index (χ2v) is 4.72. The summed E-state index contributed by atoms with van der Waals surface area (Å²) in [5.41, 5.74) is 1.57. The Morgan fingerprint density at radius 2 is 2.11 bits per heavy atom. The van der Waals surface area contributed by atoms with Crippen molar-refractivity contribution < 1.29 is 9.53 Å². The fourth-order valence-electron chi connectivity index (χ4n) is 1.44. The lowest BCUT2D eigenvalue weighted by atomic mass is 10.3. The SMILES string of the molecule is CCOC(=O)c1sc(/C=C/c2cncnc2)nc1C. The smallest absolute Gasteiger partial charge is 0.350 e. The van der Waals surface area contributed by atoms with Crippen LogP contribution < -0.4 is 0 Å². The van der Waals surface area contributed by atoms with Gasteiger partial charge in [-0.05, 0) is 26.0 Å². The van der Waals surface area contributed by atoms with Gasteiger partial charge in [-0.1, -0.05) is 0 Å². The minimum Gasteiger partial charge on any atom is -0.462 e. The number of carbonyl (C=O) groups excluding carboxylic acids is 1. The first-order chi connectivity index (χ1) is 9.20. The highest BCUT2D eigenvalue weighted by atomic mass is 32.1. The number of aromatic nitrogens is 3. The van der Waals surface area contributed by atoms with Crippen LogP contribution in [0.1, 0.15) is 32.9 Å². The number of hydrogen-bond donors (Lipinski definition) is 0. The van der Waals surface area contributed by atoms with E-state index in [9.17, 15) is 4.79 Å². The van der Waals surface area contributed by atoms with Crippen molar-refractivity contribution in [2.75, 3.05) is 6.61 Å². The molecule has 0 radical (unpaired) electrons. The van der Waals surface area contributed by atoms with Crippen LogP contribution in [0.15, 0.2) is 18.7 Å². The van der Waals surface area contributed by atoms with Crippen molar-refractivity contribution in [3.05, 3.63) is 39.9 Å². The van der Waals surface area contributed by atoms with Crippen molar-refractivity contribution in [2.45, 2.75) is 13.8 Å². The molecule has 0 unspecified atom stereocenters. The van der Waals surface area contributed by atoms with Gasteiger partial charge in [-0.3, -0.25) is 0 Å². The molecular weight excluding hydrogens is 262 g/mol. The summed E-state index contributed by atoms with van der Waals surface area (Å²) in [6, 6.07) is 0. The number of thiazole rings is 1. The topological polar surface area (TPSA) is 65.0 Å². The van der Waals surface area contributed by atoms with E-state index in [1.54, 1.807) is 26.2 Å². The molecular formula is C13H13N3O2S. The van der Waals surface area contributed by atoms with Crippen molar-refractivity contribution in [1.29, 1.82) is 0 Å². The quantitative estimate of drug-likeness (QED) is 0.802. The number of aryl methyl sites for hydroxylation is 1. The lowest BCUT2D eigenvalue weighted by Gasteiger charge is -1.97. The highest BCUT2D eigenvalue weighted by Crippen LogP contribution is 2.21. The number of esters is 1. The van der Waals surface area contributed by atoms with Gasteiger partial charge < -0.3 is 4.74 Å². The zero-order chi connectivity index (χ0) is 13.7. The van der Waals surface area contributed by atoms with E-state index in [0.717, 1.165) is 10.6 Å². The van der Waals surface area contributed by atoms with E-state index in [4.69, 9.17) is 4.74 Å². The Kier molecular flexibility index (Phi) is 4.35. The van der Waals surface area contributed by atoms with E-state index in [1.807, 2.05) is 12.2 Å². The van der Waals surface area contributed by atoms with Crippen LogP contribution in [0.2, 0.25) is 0 Å². The molecule has 0 aromatic carbocycles. The highest BCUT2D eigenvalue weighted by molar-refractivity contribution is 7.14. The second kappa shape index (κ2) is 6.19. The van der Waals surface area contributed by atoms with Crippen molar-refractivity contribution in [2.24, 2.45) is 0 Å². The van der Waals surface area contributed by atoms with Gasteiger partial charge in [0.2, 0.25) is 0 Å². The van der Waals surface area contributed by atoms with E-state index in [1.165, 1.54) is 17.7 Å². The van der Waals surface area contributed by atoms with Crippen LogP contribution in [0.4, 0.5) is 0 Å². The van der Waals surface area contributed by atoms with Gasteiger partial charge in [0.15, 0.2) is 0 Å². The Morgan fingerprint density at radius 3 is 2.79 bits per heavy atom. The number of rotatable bonds is 4. The van der Waals surface area contributed by atoms with E-state index in [0.29, 0.717) is 17.2 Å². The van der Waals surface area contributed by atoms with E-state index in [-0.39, 0.29) is 5.97 Å². The molecule has 2 aromatic rings. The lowest BCUT2D eigenvalue weighted by molar-refractivity contribution is 0.0531. The summed E-state index contributed by atoms with van der Waals surface area (Å²) in [6.45, 7) is 3.94. The van der Waals surface area contributed by atoms with E-state index in [2.05, 4.69) is 15.0 Å². The van der Waals surface area contributed by atoms with Gasteiger partial charge in [0.25, 0.3) is 0 Å². The van der Waals surface area contributed by atoms with Crippen LogP contribution in [0.5, 0.6) is 0 Å². The summed E-state index contributed by atoms with van der Waals surface area (Å²) in [6.07, 6.45) is 8.57. The first-order valence-corrected chi connectivity index (χ1v) is 6.60. The van der Waals surface area contributed by atoms with Gasteiger partial charge in [-0.2, -0.15) is 0 Å². The summed E-state index contributed by atoms with van der Waals surface area (Å²) >= 11 is 1.31. The Labute approximate surface area is 115 Å². The molecule has 0 aliphatic rings. The Morgan fingerprint density at radius 1 is 1.37 bits per heavy atom. The van der Waals surface area contributed by atoms with Gasteiger partial charge in [0.05, 0.1) is 12.3 Å². The second-order valence-electron chi connectivity index (χ2n) is 3.69. The maximum Gasteiger partial charge on any atom is 0.350 e. The molecule has 2 aromatic heterocycles. The standard InChI is InChI=1S/C13H13N3O2S/c1-3-18-13(17)12-9(2)16-11(19-12)5-4-10-6-14-8-15-7-10/h4-8H,3H2,1-2H3/b5-4+. The van der Waals surface area contributed by atoms with Crippen LogP contribution in [-0.4, -0.2) is 27.5 Å². The van der Waals surface area contributed by atoms with Crippen LogP contribution in [-0.2, 0) is 4.74 Å². The van der Waals surface area contributed by atoms with Crippen LogP contribution in [0.25, 0.3) is 12.2 Å². The Balaban J connectivity index is 2.16. The molecule has 19 heavy (non-hydrogen) atoms. The van der Waals surface area contributed by atoms with Crippen LogP contribution in [0.3, 0.4) is 0 Å². The predicted molar refractivity (Wildman–Crippen MR) is 73.8 cm³/mol. The number of hydrogen-bond acceptors (Lipinski definition) is 6. The predicted octanol–water partition coefficient (Wildman–Crippen LogP) is 2.59. The fourth-order valence-corrected chi connectivity index (χ4v) is 2.30. The molecule has 5 nitrogen and oxygen atoms in total. The Hall–Kier alpha value is -2.08. The highest BCUT2D eigenvalue weighted by Gasteiger charge is 2.14. The molecule has 0 atom stereocenters. The van der Waals surface area contributed by atoms with Gasteiger partial charge in [0, 0.05) is 18.0 Å². The van der Waals surface area contributed by atoms with Crippen molar-refractivity contribution >= 4 is 29.5 Å². The molecule has 0 saturated heterocycles. The maximum atomic E-state index is 11.7. The molecule has 2 rings (SSSR count). The molecule has 0 fully saturated rings. The molecule has 0 spiro atoms. The molecule has 0 aliphatic carbocycles. The van der Waals surface area contributed by atoms with Crippen molar-refractivity contribution in [3.8, 4) is 0 Å². The first kappa shape index (κ1) is 13.4. The lowest BCUT2D eigenvalue weighted by Crippen LogP contribution is -2.03. The normalized spacial score (nSPS) is 10.8. The van der Waals surface area contributed by atoms with E-state index < -0.39 is 0 Å². The summed E-state index contributed by atoms with van der Waals surface area (Å²) in [5, 5.41) is 0.754. The van der Waals surface area contributed by atoms with Gasteiger partial charge in [-0.15, -0.1) is 11.3 Å². The summed E-state index contributed by atoms with van der Waals surface area (Å²) in [7, 11) is 0. The van der Waals surface area contributed by atoms with E-state index >= 15 is 0 Å². The van der Waals surface area contributed by atoms with Crippen molar-refractivity contribution in [3.63, 3.8) is 0 Å². The average Bonchev–Trinajstić information content (AvgIpc) is 2.79. The fraction of sp³-hybridized carbons (Fsp3) is 0.231. The number of ether oxygens (including phenoxy) is 1. The van der Waals surface area contributed by atoms with Crippen molar-refractivity contribution in [1.82, 2.24) is 15.0 Å². The zero-order valence-corrected chi connectivity index (χ0v) is 11.5. The third kappa shape index (κ3) is 3.45. The first-order valence-electron chi connectivity index (χ1n) is 5.78. The van der Waals surface area contributed by atoms with Gasteiger partial charge in [0.1, 0.15) is 16.2 Å². The third-order valence-electron chi connectivity index (χ3n) is 2.27. The third-order valence-corrected chi connectivity index (χ3v) is 3.38.